The van der Waals surface area contributed by atoms with Gasteiger partial charge in [0.25, 0.3) is 0 Å². The first-order valence-corrected chi connectivity index (χ1v) is 6.75. The SMILES string of the molecule is CN(c1ccccc1C(=O)O)C1CCCCCC1. The van der Waals surface area contributed by atoms with Crippen molar-refractivity contribution in [1.29, 1.82) is 0 Å². The molecule has 3 heteroatoms. The van der Waals surface area contributed by atoms with Crippen LogP contribution in [0.2, 0.25) is 0 Å². The van der Waals surface area contributed by atoms with E-state index in [-0.39, 0.29) is 0 Å². The number of hydrogen-bond donors (Lipinski definition) is 1. The molecule has 0 heterocycles. The van der Waals surface area contributed by atoms with Gasteiger partial charge in [-0.15, -0.1) is 0 Å². The van der Waals surface area contributed by atoms with Crippen molar-refractivity contribution in [3.8, 4) is 0 Å². The third-order valence-corrected chi connectivity index (χ3v) is 3.89. The summed E-state index contributed by atoms with van der Waals surface area (Å²) < 4.78 is 0. The van der Waals surface area contributed by atoms with Crippen molar-refractivity contribution in [2.75, 3.05) is 11.9 Å². The Morgan fingerprint density at radius 1 is 1.17 bits per heavy atom. The second kappa shape index (κ2) is 5.89. The maximum Gasteiger partial charge on any atom is 0.337 e. The lowest BCUT2D eigenvalue weighted by Crippen LogP contribution is -2.32. The largest absolute Gasteiger partial charge is 0.478 e. The topological polar surface area (TPSA) is 40.5 Å². The van der Waals surface area contributed by atoms with Gasteiger partial charge in [0.2, 0.25) is 0 Å². The van der Waals surface area contributed by atoms with E-state index < -0.39 is 5.97 Å². The maximum absolute atomic E-state index is 11.3. The molecule has 0 aromatic heterocycles. The Kier molecular flexibility index (Phi) is 4.24. The summed E-state index contributed by atoms with van der Waals surface area (Å²) in [6.45, 7) is 0. The van der Waals surface area contributed by atoms with E-state index >= 15 is 0 Å². The first kappa shape index (κ1) is 12.9. The number of anilines is 1. The molecule has 0 unspecified atom stereocenters. The van der Waals surface area contributed by atoms with E-state index in [4.69, 9.17) is 0 Å². The molecule has 98 valence electrons. The average Bonchev–Trinajstić information content (AvgIpc) is 2.66. The fraction of sp³-hybridized carbons (Fsp3) is 0.533. The van der Waals surface area contributed by atoms with Crippen molar-refractivity contribution < 1.29 is 9.90 Å². The Hall–Kier alpha value is -1.51. The van der Waals surface area contributed by atoms with Crippen molar-refractivity contribution in [3.63, 3.8) is 0 Å². The molecule has 0 saturated heterocycles. The lowest BCUT2D eigenvalue weighted by atomic mass is 10.0. The quantitative estimate of drug-likeness (QED) is 0.830. The van der Waals surface area contributed by atoms with Gasteiger partial charge in [0.05, 0.1) is 11.3 Å². The van der Waals surface area contributed by atoms with Crippen LogP contribution in [0.25, 0.3) is 0 Å². The van der Waals surface area contributed by atoms with Crippen LogP contribution < -0.4 is 4.90 Å². The lowest BCUT2D eigenvalue weighted by molar-refractivity contribution is 0.0697. The van der Waals surface area contributed by atoms with Gasteiger partial charge in [0.15, 0.2) is 0 Å². The zero-order valence-electron chi connectivity index (χ0n) is 10.9. The number of nitrogens with zero attached hydrogens (tertiary/aromatic N) is 1. The molecule has 18 heavy (non-hydrogen) atoms. The number of carboxylic acid groups (broad SMARTS) is 1. The van der Waals surface area contributed by atoms with Crippen LogP contribution in [0, 0.1) is 0 Å². The second-order valence-corrected chi connectivity index (χ2v) is 5.08. The summed E-state index contributed by atoms with van der Waals surface area (Å²) in [6.07, 6.45) is 7.47. The number of para-hydroxylation sites is 1. The molecule has 0 radical (unpaired) electrons. The number of rotatable bonds is 3. The van der Waals surface area contributed by atoms with Crippen LogP contribution in [-0.4, -0.2) is 24.2 Å². The number of carbonyl (C=O) groups is 1. The van der Waals surface area contributed by atoms with Crippen LogP contribution in [0.15, 0.2) is 24.3 Å². The molecule has 3 nitrogen and oxygen atoms in total. The minimum Gasteiger partial charge on any atom is -0.478 e. The molecular weight excluding hydrogens is 226 g/mol. The molecule has 1 aliphatic rings. The van der Waals surface area contributed by atoms with Crippen LogP contribution in [-0.2, 0) is 0 Å². The summed E-state index contributed by atoms with van der Waals surface area (Å²) in [7, 11) is 2.03. The molecule has 0 amide bonds. The van der Waals surface area contributed by atoms with Crippen LogP contribution in [0.5, 0.6) is 0 Å². The molecule has 0 aliphatic heterocycles. The van der Waals surface area contributed by atoms with Crippen molar-refractivity contribution in [2.24, 2.45) is 0 Å². The van der Waals surface area contributed by atoms with Crippen molar-refractivity contribution in [1.82, 2.24) is 0 Å². The fourth-order valence-corrected chi connectivity index (χ4v) is 2.80. The normalized spacial score (nSPS) is 17.2. The summed E-state index contributed by atoms with van der Waals surface area (Å²) in [4.78, 5) is 13.4. The Labute approximate surface area is 108 Å². The molecule has 0 spiro atoms. The monoisotopic (exact) mass is 247 g/mol. The Morgan fingerprint density at radius 3 is 2.39 bits per heavy atom. The Balaban J connectivity index is 2.21. The molecule has 0 atom stereocenters. The Bertz CT molecular complexity index is 409. The third-order valence-electron chi connectivity index (χ3n) is 3.89. The van der Waals surface area contributed by atoms with E-state index in [1.54, 1.807) is 12.1 Å². The van der Waals surface area contributed by atoms with Gasteiger partial charge in [0.1, 0.15) is 0 Å². The highest BCUT2D eigenvalue weighted by molar-refractivity contribution is 5.94. The molecule has 1 N–H and O–H groups in total. The highest BCUT2D eigenvalue weighted by atomic mass is 16.4. The summed E-state index contributed by atoms with van der Waals surface area (Å²) in [5, 5.41) is 9.24. The van der Waals surface area contributed by atoms with Crippen LogP contribution in [0.1, 0.15) is 48.9 Å². The summed E-state index contributed by atoms with van der Waals surface area (Å²) in [5.41, 5.74) is 1.25. The molecule has 1 fully saturated rings. The van der Waals surface area contributed by atoms with E-state index in [1.807, 2.05) is 19.2 Å². The van der Waals surface area contributed by atoms with Gasteiger partial charge >= 0.3 is 5.97 Å². The van der Waals surface area contributed by atoms with E-state index in [0.29, 0.717) is 11.6 Å². The van der Waals surface area contributed by atoms with Gasteiger partial charge < -0.3 is 10.0 Å². The number of hydrogen-bond acceptors (Lipinski definition) is 2. The minimum absolute atomic E-state index is 0.407. The van der Waals surface area contributed by atoms with E-state index in [0.717, 1.165) is 5.69 Å². The molecule has 1 saturated carbocycles. The molecule has 0 bridgehead atoms. The van der Waals surface area contributed by atoms with Crippen LogP contribution in [0.3, 0.4) is 0 Å². The summed E-state index contributed by atoms with van der Waals surface area (Å²) in [6, 6.07) is 7.77. The summed E-state index contributed by atoms with van der Waals surface area (Å²) >= 11 is 0. The van der Waals surface area contributed by atoms with Crippen LogP contribution in [0.4, 0.5) is 5.69 Å². The smallest absolute Gasteiger partial charge is 0.337 e. The van der Waals surface area contributed by atoms with Gasteiger partial charge in [-0.05, 0) is 25.0 Å². The van der Waals surface area contributed by atoms with E-state index in [2.05, 4.69) is 4.90 Å². The predicted molar refractivity (Wildman–Crippen MR) is 73.3 cm³/mol. The standard InChI is InChI=1S/C15H21NO2/c1-16(12-8-4-2-3-5-9-12)14-11-7-6-10-13(14)15(17)18/h6-7,10-12H,2-5,8-9H2,1H3,(H,17,18). The second-order valence-electron chi connectivity index (χ2n) is 5.08. The molecule has 1 aromatic rings. The minimum atomic E-state index is -0.842. The van der Waals surface area contributed by atoms with Crippen molar-refractivity contribution >= 4 is 11.7 Å². The molecular formula is C15H21NO2. The third kappa shape index (κ3) is 2.84. The van der Waals surface area contributed by atoms with Gasteiger partial charge in [-0.1, -0.05) is 37.8 Å². The first-order chi connectivity index (χ1) is 8.70. The van der Waals surface area contributed by atoms with Crippen molar-refractivity contribution in [2.45, 2.75) is 44.6 Å². The summed E-state index contributed by atoms with van der Waals surface area (Å²) in [5.74, 6) is -0.842. The number of aromatic carboxylic acids is 1. The van der Waals surface area contributed by atoms with E-state index in [1.165, 1.54) is 38.5 Å². The predicted octanol–water partition coefficient (Wildman–Crippen LogP) is 3.54. The highest BCUT2D eigenvalue weighted by Crippen LogP contribution is 2.27. The van der Waals surface area contributed by atoms with Gasteiger partial charge in [-0.3, -0.25) is 0 Å². The zero-order chi connectivity index (χ0) is 13.0. The fourth-order valence-electron chi connectivity index (χ4n) is 2.80. The van der Waals surface area contributed by atoms with Gasteiger partial charge in [0, 0.05) is 13.1 Å². The van der Waals surface area contributed by atoms with Crippen molar-refractivity contribution in [3.05, 3.63) is 29.8 Å². The Morgan fingerprint density at radius 2 is 1.78 bits per heavy atom. The van der Waals surface area contributed by atoms with Crippen LogP contribution >= 0.6 is 0 Å². The zero-order valence-corrected chi connectivity index (χ0v) is 10.9. The average molecular weight is 247 g/mol. The van der Waals surface area contributed by atoms with E-state index in [9.17, 15) is 9.90 Å². The maximum atomic E-state index is 11.3. The first-order valence-electron chi connectivity index (χ1n) is 6.75. The number of carboxylic acids is 1. The highest BCUT2D eigenvalue weighted by Gasteiger charge is 2.20. The lowest BCUT2D eigenvalue weighted by Gasteiger charge is -2.30. The number of benzene rings is 1. The van der Waals surface area contributed by atoms with Gasteiger partial charge in [-0.2, -0.15) is 0 Å². The van der Waals surface area contributed by atoms with Gasteiger partial charge in [-0.25, -0.2) is 4.79 Å². The molecule has 1 aliphatic carbocycles. The molecule has 1 aromatic carbocycles. The molecule has 2 rings (SSSR count).